The van der Waals surface area contributed by atoms with Gasteiger partial charge in [-0.15, -0.1) is 0 Å². The molecule has 3 aromatic heterocycles. The number of nitrogens with one attached hydrogen (secondary N) is 2. The first-order valence-electron chi connectivity index (χ1n) is 6.37. The second kappa shape index (κ2) is 5.41. The average molecular weight is 300 g/mol. The molecule has 106 valence electrons. The highest BCUT2D eigenvalue weighted by Gasteiger charge is 2.13. The first kappa shape index (κ1) is 13.4. The molecule has 21 heavy (non-hydrogen) atoms. The van der Waals surface area contributed by atoms with Crippen LogP contribution in [0.3, 0.4) is 0 Å². The fraction of sp³-hybridized carbons (Fsp3) is 0.154. The Morgan fingerprint density at radius 2 is 2.14 bits per heavy atom. The Kier molecular flexibility index (Phi) is 3.44. The van der Waals surface area contributed by atoms with Gasteiger partial charge in [0.05, 0.1) is 11.3 Å². The van der Waals surface area contributed by atoms with Crippen LogP contribution in [-0.2, 0) is 6.54 Å². The van der Waals surface area contributed by atoms with Crippen molar-refractivity contribution in [2.75, 3.05) is 0 Å². The summed E-state index contributed by atoms with van der Waals surface area (Å²) in [5.41, 5.74) is 1.47. The predicted octanol–water partition coefficient (Wildman–Crippen LogP) is 1.77. The molecule has 0 saturated heterocycles. The van der Waals surface area contributed by atoms with E-state index in [1.165, 1.54) is 4.68 Å². The lowest BCUT2D eigenvalue weighted by atomic mass is 10.2. The number of aryl methyl sites for hydroxylation is 1. The summed E-state index contributed by atoms with van der Waals surface area (Å²) >= 11 is 4.93. The van der Waals surface area contributed by atoms with E-state index in [9.17, 15) is 4.79 Å². The summed E-state index contributed by atoms with van der Waals surface area (Å²) in [4.78, 5) is 20.7. The van der Waals surface area contributed by atoms with E-state index in [0.29, 0.717) is 34.1 Å². The number of nitrogens with zero attached hydrogens (tertiary/aromatic N) is 4. The van der Waals surface area contributed by atoms with Gasteiger partial charge in [-0.3, -0.25) is 20.0 Å². The van der Waals surface area contributed by atoms with E-state index >= 15 is 0 Å². The molecule has 0 amide bonds. The fourth-order valence-corrected chi connectivity index (χ4v) is 2.11. The van der Waals surface area contributed by atoms with Crippen molar-refractivity contribution in [3.8, 4) is 22.8 Å². The van der Waals surface area contributed by atoms with Gasteiger partial charge in [-0.2, -0.15) is 10.1 Å². The van der Waals surface area contributed by atoms with Crippen LogP contribution in [0.15, 0.2) is 35.3 Å². The van der Waals surface area contributed by atoms with Crippen LogP contribution in [0, 0.1) is 4.77 Å². The Balaban J connectivity index is 2.25. The number of H-pyrrole nitrogens is 2. The van der Waals surface area contributed by atoms with Crippen LogP contribution in [0.4, 0.5) is 0 Å². The molecule has 3 aromatic rings. The molecule has 3 heterocycles. The molecule has 0 atom stereocenters. The van der Waals surface area contributed by atoms with E-state index in [4.69, 9.17) is 12.2 Å². The topological polar surface area (TPSA) is 92.2 Å². The first-order valence-corrected chi connectivity index (χ1v) is 6.78. The highest BCUT2D eigenvalue weighted by molar-refractivity contribution is 7.71. The largest absolute Gasteiger partial charge is 0.281 e. The summed E-state index contributed by atoms with van der Waals surface area (Å²) in [6.45, 7) is 2.31. The summed E-state index contributed by atoms with van der Waals surface area (Å²) in [6, 6.07) is 7.19. The van der Waals surface area contributed by atoms with Crippen molar-refractivity contribution in [2.45, 2.75) is 13.5 Å². The van der Waals surface area contributed by atoms with Crippen LogP contribution in [0.2, 0.25) is 0 Å². The monoisotopic (exact) mass is 300 g/mol. The van der Waals surface area contributed by atoms with Gasteiger partial charge in [0.2, 0.25) is 4.77 Å². The zero-order valence-electron chi connectivity index (χ0n) is 11.2. The molecular weight excluding hydrogens is 288 g/mol. The van der Waals surface area contributed by atoms with Gasteiger partial charge >= 0.3 is 0 Å². The second-order valence-electron chi connectivity index (χ2n) is 4.29. The zero-order valence-corrected chi connectivity index (χ0v) is 12.0. The Morgan fingerprint density at radius 1 is 1.29 bits per heavy atom. The van der Waals surface area contributed by atoms with Crippen molar-refractivity contribution in [2.24, 2.45) is 0 Å². The summed E-state index contributed by atoms with van der Waals surface area (Å²) in [7, 11) is 0. The van der Waals surface area contributed by atoms with E-state index in [1.54, 1.807) is 12.3 Å². The normalized spacial score (nSPS) is 10.7. The van der Waals surface area contributed by atoms with Gasteiger partial charge in [-0.1, -0.05) is 6.07 Å². The van der Waals surface area contributed by atoms with Crippen LogP contribution in [-0.4, -0.2) is 29.9 Å². The maximum Gasteiger partial charge on any atom is 0.277 e. The number of pyridine rings is 1. The highest BCUT2D eigenvalue weighted by Crippen LogP contribution is 2.17. The lowest BCUT2D eigenvalue weighted by molar-refractivity contribution is 0.619. The molecule has 2 N–H and O–H groups in total. The lowest BCUT2D eigenvalue weighted by Gasteiger charge is -2.07. The third-order valence-corrected chi connectivity index (χ3v) is 3.15. The van der Waals surface area contributed by atoms with Gasteiger partial charge in [0, 0.05) is 12.7 Å². The van der Waals surface area contributed by atoms with Gasteiger partial charge in [0.25, 0.3) is 5.56 Å². The number of aromatic amines is 2. The molecule has 0 unspecified atom stereocenters. The van der Waals surface area contributed by atoms with E-state index in [1.807, 2.05) is 25.1 Å². The van der Waals surface area contributed by atoms with Gasteiger partial charge in [-0.05, 0) is 37.3 Å². The standard InChI is InChI=1S/C13H12N6OS/c1-2-19-12(20)8(11-15-13(21)17-16-11)7-10(18-19)9-5-3-4-6-14-9/h3-7H,2H2,1H3,(H2,15,16,17,21). The van der Waals surface area contributed by atoms with Crippen molar-refractivity contribution in [1.29, 1.82) is 0 Å². The maximum atomic E-state index is 12.4. The van der Waals surface area contributed by atoms with Crippen molar-refractivity contribution in [1.82, 2.24) is 29.9 Å². The smallest absolute Gasteiger partial charge is 0.277 e. The summed E-state index contributed by atoms with van der Waals surface area (Å²) in [5.74, 6) is 0.395. The third-order valence-electron chi connectivity index (χ3n) is 2.96. The first-order chi connectivity index (χ1) is 10.2. The Bertz CT molecular complexity index is 879. The summed E-state index contributed by atoms with van der Waals surface area (Å²) < 4.78 is 1.67. The number of hydrogen-bond donors (Lipinski definition) is 2. The average Bonchev–Trinajstić information content (AvgIpc) is 2.95. The molecule has 0 spiro atoms. The minimum atomic E-state index is -0.227. The molecule has 7 nitrogen and oxygen atoms in total. The van der Waals surface area contributed by atoms with Gasteiger partial charge in [0.15, 0.2) is 5.82 Å². The number of hydrogen-bond acceptors (Lipinski definition) is 5. The quantitative estimate of drug-likeness (QED) is 0.719. The SMILES string of the molecule is CCn1nc(-c2ccccn2)cc(-c2nc(=S)[nH][nH]2)c1=O. The van der Waals surface area contributed by atoms with Crippen molar-refractivity contribution >= 4 is 12.2 Å². The molecule has 0 aliphatic carbocycles. The molecule has 8 heteroatoms. The van der Waals surface area contributed by atoms with Crippen LogP contribution < -0.4 is 5.56 Å². The maximum absolute atomic E-state index is 12.4. The van der Waals surface area contributed by atoms with Crippen molar-refractivity contribution in [3.05, 3.63) is 45.6 Å². The van der Waals surface area contributed by atoms with Crippen molar-refractivity contribution < 1.29 is 0 Å². The fourth-order valence-electron chi connectivity index (χ4n) is 1.96. The minimum Gasteiger partial charge on any atom is -0.281 e. The summed E-state index contributed by atoms with van der Waals surface area (Å²) in [6.07, 6.45) is 1.68. The molecule has 3 rings (SSSR count). The molecule has 0 aliphatic heterocycles. The van der Waals surface area contributed by atoms with Gasteiger partial charge in [0.1, 0.15) is 5.69 Å². The molecular formula is C13H12N6OS. The van der Waals surface area contributed by atoms with Crippen LogP contribution in [0.5, 0.6) is 0 Å². The third kappa shape index (κ3) is 2.52. The van der Waals surface area contributed by atoms with Gasteiger partial charge < -0.3 is 0 Å². The predicted molar refractivity (Wildman–Crippen MR) is 80.2 cm³/mol. The lowest BCUT2D eigenvalue weighted by Crippen LogP contribution is -2.24. The molecule has 0 aliphatic rings. The highest BCUT2D eigenvalue weighted by atomic mass is 32.1. The van der Waals surface area contributed by atoms with E-state index in [2.05, 4.69) is 25.3 Å². The second-order valence-corrected chi connectivity index (χ2v) is 4.68. The van der Waals surface area contributed by atoms with Crippen LogP contribution in [0.1, 0.15) is 6.92 Å². The van der Waals surface area contributed by atoms with Gasteiger partial charge in [-0.25, -0.2) is 4.68 Å². The van der Waals surface area contributed by atoms with E-state index < -0.39 is 0 Å². The number of aromatic nitrogens is 6. The molecule has 0 radical (unpaired) electrons. The van der Waals surface area contributed by atoms with E-state index in [-0.39, 0.29) is 5.56 Å². The Hall–Kier alpha value is -2.61. The van der Waals surface area contributed by atoms with Crippen molar-refractivity contribution in [3.63, 3.8) is 0 Å². The molecule has 0 bridgehead atoms. The number of rotatable bonds is 3. The molecule has 0 saturated carbocycles. The van der Waals surface area contributed by atoms with Crippen LogP contribution in [0.25, 0.3) is 22.8 Å². The Labute approximate surface area is 124 Å². The molecule has 0 aromatic carbocycles. The Morgan fingerprint density at radius 3 is 2.76 bits per heavy atom. The minimum absolute atomic E-state index is 0.227. The van der Waals surface area contributed by atoms with Crippen LogP contribution >= 0.6 is 12.2 Å². The van der Waals surface area contributed by atoms with E-state index in [0.717, 1.165) is 0 Å². The molecule has 0 fully saturated rings. The summed E-state index contributed by atoms with van der Waals surface area (Å²) in [5, 5.41) is 9.79. The zero-order chi connectivity index (χ0) is 14.8.